The van der Waals surface area contributed by atoms with Crippen LogP contribution < -0.4 is 5.32 Å². The molecule has 0 bridgehead atoms. The molecule has 2 aliphatic rings. The van der Waals surface area contributed by atoms with E-state index in [2.05, 4.69) is 66.5 Å². The first kappa shape index (κ1) is 26.9. The number of aryl methyl sites for hydroxylation is 1. The van der Waals surface area contributed by atoms with Gasteiger partial charge in [-0.25, -0.2) is 4.57 Å². The van der Waals surface area contributed by atoms with Crippen molar-refractivity contribution in [2.24, 2.45) is 0 Å². The van der Waals surface area contributed by atoms with E-state index in [1.54, 1.807) is 4.90 Å². The SMILES string of the molecule is C=C1NC(=O)C=CN1[C@H]1CC(O)[C@@H](COP(=O)(O)OCCCCc2ccc3ccc4cccc5ccc2c3c45)O1. The van der Waals surface area contributed by atoms with Gasteiger partial charge in [-0.2, -0.15) is 0 Å². The summed E-state index contributed by atoms with van der Waals surface area (Å²) in [5, 5.41) is 20.4. The highest BCUT2D eigenvalue weighted by Crippen LogP contribution is 2.44. The quantitative estimate of drug-likeness (QED) is 0.142. The first-order valence-electron chi connectivity index (χ1n) is 13.4. The summed E-state index contributed by atoms with van der Waals surface area (Å²) in [5.74, 6) is 0.0264. The number of ether oxygens (including phenoxy) is 1. The monoisotopic (exact) mass is 562 g/mol. The molecule has 2 heterocycles. The number of phosphoric acid groups is 1. The number of benzene rings is 4. The number of aliphatic hydroxyl groups excluding tert-OH is 1. The molecule has 0 spiro atoms. The van der Waals surface area contributed by atoms with Crippen LogP contribution in [0.15, 0.2) is 79.3 Å². The molecule has 1 amide bonds. The molecule has 4 aromatic rings. The van der Waals surface area contributed by atoms with Gasteiger partial charge in [0.1, 0.15) is 18.2 Å². The Morgan fingerprint density at radius 1 is 1.02 bits per heavy atom. The molecule has 2 aliphatic heterocycles. The Balaban J connectivity index is 0.993. The minimum atomic E-state index is -4.33. The third-order valence-corrected chi connectivity index (χ3v) is 8.58. The largest absolute Gasteiger partial charge is 0.472 e. The lowest BCUT2D eigenvalue weighted by atomic mass is 9.91. The Labute approximate surface area is 231 Å². The van der Waals surface area contributed by atoms with Crippen LogP contribution in [0.2, 0.25) is 0 Å². The van der Waals surface area contributed by atoms with Crippen molar-refractivity contribution in [2.45, 2.75) is 44.1 Å². The maximum absolute atomic E-state index is 12.4. The van der Waals surface area contributed by atoms with E-state index >= 15 is 0 Å². The van der Waals surface area contributed by atoms with Crippen LogP contribution in [0, 0.1) is 0 Å². The number of carbonyl (C=O) groups is 1. The molecule has 1 fully saturated rings. The fourth-order valence-electron chi connectivity index (χ4n) is 5.61. The van der Waals surface area contributed by atoms with Crippen molar-refractivity contribution in [3.05, 3.63) is 84.8 Å². The molecule has 6 rings (SSSR count). The first-order chi connectivity index (χ1) is 19.3. The Hall–Kier alpha value is -3.30. The molecule has 10 heteroatoms. The Morgan fingerprint density at radius 3 is 2.52 bits per heavy atom. The molecule has 4 atom stereocenters. The van der Waals surface area contributed by atoms with Crippen molar-refractivity contribution in [3.8, 4) is 0 Å². The molecule has 2 unspecified atom stereocenters. The number of hydrogen-bond acceptors (Lipinski definition) is 7. The zero-order valence-corrected chi connectivity index (χ0v) is 22.8. The lowest BCUT2D eigenvalue weighted by Crippen LogP contribution is -2.41. The molecular formula is C30H31N2O7P. The number of amides is 1. The normalized spacial score (nSPS) is 22.9. The van der Waals surface area contributed by atoms with Gasteiger partial charge in [0.25, 0.3) is 5.91 Å². The fourth-order valence-corrected chi connectivity index (χ4v) is 6.38. The van der Waals surface area contributed by atoms with E-state index < -0.39 is 26.3 Å². The number of nitrogens with one attached hydrogen (secondary N) is 1. The highest BCUT2D eigenvalue weighted by molar-refractivity contribution is 7.47. The Morgan fingerprint density at radius 2 is 1.75 bits per heavy atom. The topological polar surface area (TPSA) is 118 Å². The minimum absolute atomic E-state index is 0.0639. The van der Waals surface area contributed by atoms with Gasteiger partial charge in [0.15, 0.2) is 0 Å². The maximum Gasteiger partial charge on any atom is 0.472 e. The van der Waals surface area contributed by atoms with Gasteiger partial charge in [-0.05, 0) is 57.1 Å². The summed E-state index contributed by atoms with van der Waals surface area (Å²) in [5.41, 5.74) is 1.24. The summed E-state index contributed by atoms with van der Waals surface area (Å²) < 4.78 is 28.5. The average Bonchev–Trinajstić information content (AvgIpc) is 3.31. The van der Waals surface area contributed by atoms with Crippen molar-refractivity contribution in [2.75, 3.05) is 13.2 Å². The second-order valence-corrected chi connectivity index (χ2v) is 11.7. The van der Waals surface area contributed by atoms with Crippen LogP contribution in [0.1, 0.15) is 24.8 Å². The highest BCUT2D eigenvalue weighted by Gasteiger charge is 2.39. The van der Waals surface area contributed by atoms with Gasteiger partial charge < -0.3 is 25.0 Å². The Bertz CT molecular complexity index is 1640. The van der Waals surface area contributed by atoms with Gasteiger partial charge >= 0.3 is 7.82 Å². The molecule has 0 radical (unpaired) electrons. The number of hydrogen-bond donors (Lipinski definition) is 3. The van der Waals surface area contributed by atoms with Crippen LogP contribution in [0.5, 0.6) is 0 Å². The van der Waals surface area contributed by atoms with Crippen LogP contribution in [0.4, 0.5) is 0 Å². The van der Waals surface area contributed by atoms with E-state index in [0.29, 0.717) is 12.2 Å². The van der Waals surface area contributed by atoms with E-state index in [4.69, 9.17) is 13.8 Å². The van der Waals surface area contributed by atoms with Gasteiger partial charge in [0.05, 0.1) is 19.3 Å². The van der Waals surface area contributed by atoms with Crippen LogP contribution >= 0.6 is 7.82 Å². The number of rotatable bonds is 10. The lowest BCUT2D eigenvalue weighted by molar-refractivity contribution is -0.117. The second-order valence-electron chi connectivity index (χ2n) is 10.2. The zero-order chi connectivity index (χ0) is 27.9. The van der Waals surface area contributed by atoms with Gasteiger partial charge in [0, 0.05) is 18.7 Å². The van der Waals surface area contributed by atoms with Gasteiger partial charge in [0.2, 0.25) is 0 Å². The molecule has 208 valence electrons. The summed E-state index contributed by atoms with van der Waals surface area (Å²) in [6.07, 6.45) is 2.89. The molecule has 4 aromatic carbocycles. The third-order valence-electron chi connectivity index (χ3n) is 7.60. The molecule has 0 aromatic heterocycles. The smallest absolute Gasteiger partial charge is 0.390 e. The van der Waals surface area contributed by atoms with Crippen LogP contribution in [-0.4, -0.2) is 52.5 Å². The fraction of sp³-hybridized carbons (Fsp3) is 0.300. The molecule has 0 aliphatic carbocycles. The standard InChI is InChI=1S/C30H31N2O7P/c1-19-31-27(34)14-15-32(19)28-17-25(33)26(39-28)18-38-40(35,36)37-16-3-2-5-20-8-9-23-11-10-21-6-4-7-22-12-13-24(20)30(23)29(21)22/h4,6-15,25-26,28,33H,1-3,5,16-18H2,(H,31,34)(H,35,36)/t25?,26-,28-/m1/s1. The molecule has 3 N–H and O–H groups in total. The zero-order valence-electron chi connectivity index (χ0n) is 21.9. The lowest BCUT2D eigenvalue weighted by Gasteiger charge is -2.31. The van der Waals surface area contributed by atoms with Crippen molar-refractivity contribution in [1.29, 1.82) is 0 Å². The maximum atomic E-state index is 12.4. The van der Waals surface area contributed by atoms with E-state index in [0.717, 1.165) is 12.8 Å². The van der Waals surface area contributed by atoms with Crippen molar-refractivity contribution < 1.29 is 33.1 Å². The van der Waals surface area contributed by atoms with Crippen molar-refractivity contribution >= 4 is 46.0 Å². The van der Waals surface area contributed by atoms with Gasteiger partial charge in [-0.15, -0.1) is 0 Å². The number of aliphatic hydroxyl groups is 1. The molecule has 1 saturated heterocycles. The number of unbranched alkanes of at least 4 members (excludes halogenated alkanes) is 1. The molecule has 0 saturated carbocycles. The third kappa shape index (κ3) is 5.37. The van der Waals surface area contributed by atoms with Crippen molar-refractivity contribution in [3.63, 3.8) is 0 Å². The van der Waals surface area contributed by atoms with Crippen LogP contribution in [0.25, 0.3) is 32.3 Å². The predicted molar refractivity (Wildman–Crippen MR) is 152 cm³/mol. The summed E-state index contributed by atoms with van der Waals surface area (Å²) in [7, 11) is -4.33. The summed E-state index contributed by atoms with van der Waals surface area (Å²) in [4.78, 5) is 23.2. The van der Waals surface area contributed by atoms with E-state index in [-0.39, 0.29) is 25.5 Å². The van der Waals surface area contributed by atoms with Crippen LogP contribution in [0.3, 0.4) is 0 Å². The molecule has 9 nitrogen and oxygen atoms in total. The summed E-state index contributed by atoms with van der Waals surface area (Å²) in [6.45, 7) is 3.52. The van der Waals surface area contributed by atoms with E-state index in [1.165, 1.54) is 50.2 Å². The Kier molecular flexibility index (Phi) is 7.35. The number of nitrogens with zero attached hydrogens (tertiary/aromatic N) is 1. The number of phosphoric ester groups is 1. The number of carbonyl (C=O) groups excluding carboxylic acids is 1. The second kappa shape index (κ2) is 10.9. The first-order valence-corrected chi connectivity index (χ1v) is 14.9. The minimum Gasteiger partial charge on any atom is -0.390 e. The average molecular weight is 563 g/mol. The van der Waals surface area contributed by atoms with E-state index in [1.807, 2.05) is 0 Å². The highest BCUT2D eigenvalue weighted by atomic mass is 31.2. The van der Waals surface area contributed by atoms with Gasteiger partial charge in [-0.3, -0.25) is 13.8 Å². The molecular weight excluding hydrogens is 531 g/mol. The summed E-state index contributed by atoms with van der Waals surface area (Å²) in [6, 6.07) is 19.4. The van der Waals surface area contributed by atoms with Crippen molar-refractivity contribution in [1.82, 2.24) is 10.2 Å². The van der Waals surface area contributed by atoms with Gasteiger partial charge in [-0.1, -0.05) is 61.2 Å². The summed E-state index contributed by atoms with van der Waals surface area (Å²) >= 11 is 0. The van der Waals surface area contributed by atoms with Crippen LogP contribution in [-0.2, 0) is 29.6 Å². The molecule has 40 heavy (non-hydrogen) atoms. The van der Waals surface area contributed by atoms with E-state index in [9.17, 15) is 19.4 Å². The predicted octanol–water partition coefficient (Wildman–Crippen LogP) is 4.93.